The molecule has 8 heteroatoms. The second-order valence-corrected chi connectivity index (χ2v) is 8.63. The van der Waals surface area contributed by atoms with E-state index in [0.717, 1.165) is 4.47 Å². The summed E-state index contributed by atoms with van der Waals surface area (Å²) in [4.78, 5) is 27.4. The van der Waals surface area contributed by atoms with Crippen LogP contribution in [0.3, 0.4) is 0 Å². The maximum atomic E-state index is 13.1. The third kappa shape index (κ3) is 4.05. The molecule has 0 spiro atoms. The van der Waals surface area contributed by atoms with Crippen LogP contribution in [0.25, 0.3) is 5.76 Å². The molecule has 0 unspecified atom stereocenters. The molecule has 1 aliphatic rings. The predicted molar refractivity (Wildman–Crippen MR) is 122 cm³/mol. The van der Waals surface area contributed by atoms with Crippen molar-refractivity contribution in [3.8, 4) is 5.75 Å². The molecule has 0 radical (unpaired) electrons. The van der Waals surface area contributed by atoms with Crippen molar-refractivity contribution in [3.05, 3.63) is 81.5 Å². The van der Waals surface area contributed by atoms with Gasteiger partial charge < -0.3 is 14.4 Å². The summed E-state index contributed by atoms with van der Waals surface area (Å²) in [5.74, 6) is -0.518. The first-order valence-corrected chi connectivity index (χ1v) is 10.8. The highest BCUT2D eigenvalue weighted by Gasteiger charge is 2.48. The van der Waals surface area contributed by atoms with Gasteiger partial charge in [0.2, 0.25) is 0 Å². The van der Waals surface area contributed by atoms with Gasteiger partial charge in [-0.2, -0.15) is 0 Å². The second kappa shape index (κ2) is 8.63. The van der Waals surface area contributed by atoms with Crippen LogP contribution < -0.4 is 9.64 Å². The number of hydrogen-bond acceptors (Lipinski definition) is 6. The molecule has 2 aromatic carbocycles. The second-order valence-electron chi connectivity index (χ2n) is 7.71. The summed E-state index contributed by atoms with van der Waals surface area (Å²) in [6.45, 7) is 5.53. The summed E-state index contributed by atoms with van der Waals surface area (Å²) in [7, 11) is 0. The van der Waals surface area contributed by atoms with Crippen molar-refractivity contribution in [2.45, 2.75) is 32.9 Å². The lowest BCUT2D eigenvalue weighted by Gasteiger charge is -2.23. The zero-order valence-corrected chi connectivity index (χ0v) is 19.3. The van der Waals surface area contributed by atoms with Gasteiger partial charge in [0.25, 0.3) is 5.78 Å². The molecule has 7 nitrogen and oxygen atoms in total. The van der Waals surface area contributed by atoms with Crippen LogP contribution in [0.15, 0.2) is 69.2 Å². The number of halogens is 1. The van der Waals surface area contributed by atoms with Gasteiger partial charge in [-0.3, -0.25) is 14.5 Å². The number of carbonyl (C=O) groups excluding carboxylic acids is 2. The number of benzene rings is 2. The highest BCUT2D eigenvalue weighted by molar-refractivity contribution is 9.10. The molecule has 1 aromatic heterocycles. The molecular weight excluding hydrogens is 476 g/mol. The zero-order valence-electron chi connectivity index (χ0n) is 17.7. The van der Waals surface area contributed by atoms with Gasteiger partial charge in [-0.15, -0.1) is 0 Å². The first kappa shape index (κ1) is 21.8. The Morgan fingerprint density at radius 1 is 1.16 bits per heavy atom. The third-order valence-electron chi connectivity index (χ3n) is 4.97. The van der Waals surface area contributed by atoms with Gasteiger partial charge >= 0.3 is 5.91 Å². The first-order chi connectivity index (χ1) is 15.3. The number of rotatable bonds is 5. The van der Waals surface area contributed by atoms with Crippen LogP contribution in [0.1, 0.15) is 36.8 Å². The molecule has 1 N–H and O–H groups in total. The van der Waals surface area contributed by atoms with E-state index in [1.165, 1.54) is 4.90 Å². The maximum Gasteiger partial charge on any atom is 0.301 e. The fourth-order valence-electron chi connectivity index (χ4n) is 3.65. The molecule has 3 aromatic rings. The highest BCUT2D eigenvalue weighted by Crippen LogP contribution is 2.42. The summed E-state index contributed by atoms with van der Waals surface area (Å²) in [6.07, 6.45) is 0.00205. The molecule has 0 aliphatic carbocycles. The molecule has 1 aliphatic heterocycles. The van der Waals surface area contributed by atoms with Crippen molar-refractivity contribution in [2.24, 2.45) is 0 Å². The fourth-order valence-corrected chi connectivity index (χ4v) is 4.06. The van der Waals surface area contributed by atoms with E-state index in [9.17, 15) is 14.7 Å². The zero-order chi connectivity index (χ0) is 23.0. The van der Waals surface area contributed by atoms with Gasteiger partial charge in [-0.1, -0.05) is 33.2 Å². The number of Topliss-reactive ketones (excluding diaryl/α,β-unsaturated/α-hetero) is 1. The van der Waals surface area contributed by atoms with Crippen molar-refractivity contribution in [1.29, 1.82) is 0 Å². The van der Waals surface area contributed by atoms with Crippen LogP contribution in [-0.2, 0) is 9.59 Å². The van der Waals surface area contributed by atoms with E-state index >= 15 is 0 Å². The standard InChI is InChI=1S/C24H21BrN2O5/c1-13(2)31-18-9-7-15(8-10-18)22(28)20-21(16-5-4-6-17(25)12-16)27(24(30)23(20)29)19-11-14(3)32-26-19/h4-13,21,28H,1-3H3/b22-20+/t21-/m1/s1. The van der Waals surface area contributed by atoms with Gasteiger partial charge in [-0.25, -0.2) is 0 Å². The molecule has 0 bridgehead atoms. The summed E-state index contributed by atoms with van der Waals surface area (Å²) in [5.41, 5.74) is 1.02. The van der Waals surface area contributed by atoms with Crippen molar-refractivity contribution in [2.75, 3.05) is 4.90 Å². The van der Waals surface area contributed by atoms with E-state index in [1.54, 1.807) is 55.5 Å². The van der Waals surface area contributed by atoms with Crippen LogP contribution in [0, 0.1) is 6.92 Å². The number of aryl methyl sites for hydroxylation is 1. The Balaban J connectivity index is 1.86. The van der Waals surface area contributed by atoms with E-state index in [2.05, 4.69) is 21.1 Å². The summed E-state index contributed by atoms with van der Waals surface area (Å²) in [6, 6.07) is 14.6. The van der Waals surface area contributed by atoms with Gasteiger partial charge in [0.05, 0.1) is 17.7 Å². The molecule has 1 atom stereocenters. The Morgan fingerprint density at radius 3 is 2.47 bits per heavy atom. The van der Waals surface area contributed by atoms with Gasteiger partial charge in [0, 0.05) is 16.1 Å². The molecule has 1 saturated heterocycles. The largest absolute Gasteiger partial charge is 0.507 e. The monoisotopic (exact) mass is 496 g/mol. The lowest BCUT2D eigenvalue weighted by Crippen LogP contribution is -2.29. The van der Waals surface area contributed by atoms with Crippen molar-refractivity contribution in [3.63, 3.8) is 0 Å². The number of ether oxygens (including phenoxy) is 1. The molecule has 0 saturated carbocycles. The van der Waals surface area contributed by atoms with Crippen LogP contribution in [0.4, 0.5) is 5.82 Å². The SMILES string of the molecule is Cc1cc(N2C(=O)C(=O)/C(=C(/O)c3ccc(OC(C)C)cc3)[C@H]2c2cccc(Br)c2)no1. The average Bonchev–Trinajstić information content (AvgIpc) is 3.28. The Hall–Kier alpha value is -3.39. The minimum absolute atomic E-state index is 0.00205. The topological polar surface area (TPSA) is 92.9 Å². The molecule has 2 heterocycles. The number of anilines is 1. The average molecular weight is 497 g/mol. The molecular formula is C24H21BrN2O5. The Bertz CT molecular complexity index is 1210. The number of nitrogens with zero attached hydrogens (tertiary/aromatic N) is 2. The Kier molecular flexibility index (Phi) is 5.88. The summed E-state index contributed by atoms with van der Waals surface area (Å²) >= 11 is 3.43. The quantitative estimate of drug-likeness (QED) is 0.298. The van der Waals surface area contributed by atoms with Crippen molar-refractivity contribution in [1.82, 2.24) is 5.16 Å². The molecule has 1 amide bonds. The third-order valence-corrected chi connectivity index (χ3v) is 5.46. The van der Waals surface area contributed by atoms with E-state index < -0.39 is 17.7 Å². The van der Waals surface area contributed by atoms with Crippen molar-refractivity contribution < 1.29 is 24.0 Å². The number of carbonyl (C=O) groups is 2. The number of ketones is 1. The van der Waals surface area contributed by atoms with E-state index in [0.29, 0.717) is 22.6 Å². The number of aliphatic hydroxyl groups excluding tert-OH is 1. The van der Waals surface area contributed by atoms with E-state index in [4.69, 9.17) is 9.26 Å². The van der Waals surface area contributed by atoms with Gasteiger partial charge in [-0.05, 0) is 62.7 Å². The number of aromatic nitrogens is 1. The van der Waals surface area contributed by atoms with Gasteiger partial charge in [0.15, 0.2) is 5.82 Å². The van der Waals surface area contributed by atoms with Crippen LogP contribution >= 0.6 is 15.9 Å². The highest BCUT2D eigenvalue weighted by atomic mass is 79.9. The molecule has 4 rings (SSSR count). The molecule has 164 valence electrons. The molecule has 1 fully saturated rings. The summed E-state index contributed by atoms with van der Waals surface area (Å²) in [5, 5.41) is 15.1. The first-order valence-electron chi connectivity index (χ1n) is 10.0. The lowest BCUT2D eigenvalue weighted by molar-refractivity contribution is -0.132. The number of aliphatic hydroxyl groups is 1. The van der Waals surface area contributed by atoms with Crippen LogP contribution in [0.5, 0.6) is 5.75 Å². The Labute approximate surface area is 193 Å². The fraction of sp³-hybridized carbons (Fsp3) is 0.208. The van der Waals surface area contributed by atoms with Crippen LogP contribution in [0.2, 0.25) is 0 Å². The lowest BCUT2D eigenvalue weighted by atomic mass is 9.95. The van der Waals surface area contributed by atoms with Crippen LogP contribution in [-0.4, -0.2) is 28.1 Å². The predicted octanol–water partition coefficient (Wildman–Crippen LogP) is 5.16. The van der Waals surface area contributed by atoms with Gasteiger partial charge in [0.1, 0.15) is 17.3 Å². The number of amides is 1. The summed E-state index contributed by atoms with van der Waals surface area (Å²) < 4.78 is 11.5. The minimum atomic E-state index is -0.872. The normalized spacial score (nSPS) is 17.9. The molecule has 32 heavy (non-hydrogen) atoms. The smallest absolute Gasteiger partial charge is 0.301 e. The number of hydrogen-bond donors (Lipinski definition) is 1. The maximum absolute atomic E-state index is 13.1. The van der Waals surface area contributed by atoms with Crippen molar-refractivity contribution >= 4 is 39.2 Å². The minimum Gasteiger partial charge on any atom is -0.507 e. The van der Waals surface area contributed by atoms with E-state index in [-0.39, 0.29) is 23.3 Å². The Morgan fingerprint density at radius 2 is 1.88 bits per heavy atom. The van der Waals surface area contributed by atoms with E-state index in [1.807, 2.05) is 19.9 Å².